The van der Waals surface area contributed by atoms with Crippen LogP contribution in [0.1, 0.15) is 239 Å². The molecule has 376 valence electrons. The number of hydrogen-bond acceptors (Lipinski definition) is 7. The Balaban J connectivity index is 4.10. The van der Waals surface area contributed by atoms with Crippen LogP contribution in [0.2, 0.25) is 0 Å². The Bertz CT molecular complexity index is 1160. The molecule has 0 N–H and O–H groups in total. The Morgan fingerprint density at radius 2 is 0.906 bits per heavy atom. The van der Waals surface area contributed by atoms with Crippen LogP contribution in [-0.4, -0.2) is 70.7 Å². The quantitative estimate of drug-likeness (QED) is 0.0197. The lowest BCUT2D eigenvalue weighted by atomic mass is 10.0. The number of ether oxygens (including phenoxy) is 2. The van der Waals surface area contributed by atoms with Gasteiger partial charge in [-0.1, -0.05) is 229 Å². The Morgan fingerprint density at radius 1 is 0.500 bits per heavy atom. The molecule has 2 unspecified atom stereocenters. The number of hydrogen-bond donors (Lipinski definition) is 0. The van der Waals surface area contributed by atoms with Crippen LogP contribution >= 0.6 is 7.82 Å². The summed E-state index contributed by atoms with van der Waals surface area (Å²) in [6, 6.07) is 0. The Hall–Kier alpha value is -1.54. The lowest BCUT2D eigenvalue weighted by Gasteiger charge is -2.28. The number of unbranched alkanes of at least 4 members (excludes halogenated alkanes) is 28. The number of phosphoric ester groups is 1. The maximum absolute atomic E-state index is 12.8. The zero-order chi connectivity index (χ0) is 46.9. The highest BCUT2D eigenvalue weighted by molar-refractivity contribution is 7.45. The SMILES string of the molecule is CC/C=C\C/C=C\C/C=C\C/C=C\CCCCCCCOCC(COP(=O)([O-])OCC[N+](C)(C)C)OC(=O)CCCCCCCCCCCCCCCCCCCCCCCCCC. The van der Waals surface area contributed by atoms with Gasteiger partial charge in [0.25, 0.3) is 7.82 Å². The average Bonchev–Trinajstić information content (AvgIpc) is 3.25. The highest BCUT2D eigenvalue weighted by Crippen LogP contribution is 2.38. The molecule has 0 saturated carbocycles. The molecule has 0 bridgehead atoms. The van der Waals surface area contributed by atoms with E-state index in [9.17, 15) is 14.3 Å². The van der Waals surface area contributed by atoms with Crippen molar-refractivity contribution in [3.8, 4) is 0 Å². The summed E-state index contributed by atoms with van der Waals surface area (Å²) in [5.41, 5.74) is 0. The highest BCUT2D eigenvalue weighted by Gasteiger charge is 2.20. The van der Waals surface area contributed by atoms with E-state index in [-0.39, 0.29) is 25.8 Å². The lowest BCUT2D eigenvalue weighted by Crippen LogP contribution is -2.37. The number of phosphoric acid groups is 1. The van der Waals surface area contributed by atoms with Gasteiger partial charge in [0, 0.05) is 13.0 Å². The molecule has 0 aliphatic carbocycles. The van der Waals surface area contributed by atoms with Crippen molar-refractivity contribution in [3.63, 3.8) is 0 Å². The molecule has 0 aliphatic rings. The first-order chi connectivity index (χ1) is 31.1. The second kappa shape index (κ2) is 47.9. The van der Waals surface area contributed by atoms with Crippen molar-refractivity contribution in [1.29, 1.82) is 0 Å². The number of carbonyl (C=O) groups excluding carboxylic acids is 1. The molecule has 0 radical (unpaired) electrons. The molecule has 0 aromatic rings. The molecule has 0 rings (SSSR count). The maximum atomic E-state index is 12.8. The summed E-state index contributed by atoms with van der Waals surface area (Å²) in [6.45, 7) is 5.29. The van der Waals surface area contributed by atoms with Crippen LogP contribution in [-0.2, 0) is 27.9 Å². The minimum atomic E-state index is -4.54. The predicted octanol–water partition coefficient (Wildman–Crippen LogP) is 16.0. The van der Waals surface area contributed by atoms with Gasteiger partial charge in [-0.2, -0.15) is 0 Å². The topological polar surface area (TPSA) is 94.1 Å². The van der Waals surface area contributed by atoms with Crippen molar-refractivity contribution in [2.24, 2.45) is 0 Å². The second-order valence-electron chi connectivity index (χ2n) is 19.2. The van der Waals surface area contributed by atoms with Crippen LogP contribution in [0.4, 0.5) is 0 Å². The molecule has 0 heterocycles. The van der Waals surface area contributed by atoms with Crippen molar-refractivity contribution in [1.82, 2.24) is 0 Å². The van der Waals surface area contributed by atoms with Gasteiger partial charge in [0.05, 0.1) is 34.4 Å². The molecule has 0 saturated heterocycles. The van der Waals surface area contributed by atoms with Crippen LogP contribution in [0.25, 0.3) is 0 Å². The van der Waals surface area contributed by atoms with Crippen molar-refractivity contribution in [2.45, 2.75) is 245 Å². The average molecular weight is 922 g/mol. The molecular formula is C55H104NO7P. The first-order valence-corrected chi connectivity index (χ1v) is 28.3. The molecule has 64 heavy (non-hydrogen) atoms. The van der Waals surface area contributed by atoms with Gasteiger partial charge in [0.1, 0.15) is 19.3 Å². The summed E-state index contributed by atoms with van der Waals surface area (Å²) < 4.78 is 34.8. The number of nitrogens with zero attached hydrogens (tertiary/aromatic N) is 1. The van der Waals surface area contributed by atoms with E-state index in [1.165, 1.54) is 148 Å². The van der Waals surface area contributed by atoms with Crippen LogP contribution in [0.3, 0.4) is 0 Å². The van der Waals surface area contributed by atoms with Crippen LogP contribution in [0, 0.1) is 0 Å². The number of quaternary nitrogens is 1. The number of allylic oxidation sites excluding steroid dienone is 8. The molecule has 0 amide bonds. The molecule has 0 fully saturated rings. The normalized spacial score (nSPS) is 13.9. The van der Waals surface area contributed by atoms with Gasteiger partial charge in [0.15, 0.2) is 0 Å². The number of carbonyl (C=O) groups is 1. The molecule has 0 aliphatic heterocycles. The monoisotopic (exact) mass is 922 g/mol. The van der Waals surface area contributed by atoms with E-state index in [1.807, 2.05) is 21.1 Å². The zero-order valence-electron chi connectivity index (χ0n) is 42.7. The molecule has 0 spiro atoms. The van der Waals surface area contributed by atoms with E-state index in [0.717, 1.165) is 70.6 Å². The van der Waals surface area contributed by atoms with Gasteiger partial charge in [-0.05, 0) is 51.4 Å². The third-order valence-electron chi connectivity index (χ3n) is 11.6. The first kappa shape index (κ1) is 62.5. The molecule has 9 heteroatoms. The van der Waals surface area contributed by atoms with Gasteiger partial charge in [-0.3, -0.25) is 9.36 Å². The predicted molar refractivity (Wildman–Crippen MR) is 273 cm³/mol. The zero-order valence-corrected chi connectivity index (χ0v) is 43.6. The summed E-state index contributed by atoms with van der Waals surface area (Å²) in [5, 5.41) is 0. The standard InChI is InChI=1S/C55H104NO7P/c1-6-8-10-12-14-16-18-20-22-24-26-27-28-29-30-31-32-34-36-38-40-42-44-46-48-55(57)63-54(53-62-64(58,59)61-51-49-56(3,4)5)52-60-50-47-45-43-41-39-37-35-33-25-23-21-19-17-15-13-11-9-7-2/h9,11,15,17,21,23,33,35,54H,6-8,10,12-14,16,18-20,22,24-32,34,36-53H2,1-5H3/b11-9-,17-15-,23-21-,35-33-. The molecular weight excluding hydrogens is 818 g/mol. The third kappa shape index (κ3) is 51.4. The van der Waals surface area contributed by atoms with Gasteiger partial charge in [-0.25, -0.2) is 0 Å². The number of esters is 1. The van der Waals surface area contributed by atoms with Gasteiger partial charge < -0.3 is 27.9 Å². The fourth-order valence-corrected chi connectivity index (χ4v) is 8.27. The summed E-state index contributed by atoms with van der Waals surface area (Å²) in [7, 11) is 1.35. The van der Waals surface area contributed by atoms with E-state index in [2.05, 4.69) is 62.5 Å². The van der Waals surface area contributed by atoms with Crippen molar-refractivity contribution >= 4 is 13.8 Å². The number of rotatable bonds is 50. The van der Waals surface area contributed by atoms with E-state index in [1.54, 1.807) is 0 Å². The largest absolute Gasteiger partial charge is 0.756 e. The molecule has 0 aromatic heterocycles. The van der Waals surface area contributed by atoms with Gasteiger partial charge >= 0.3 is 5.97 Å². The highest BCUT2D eigenvalue weighted by atomic mass is 31.2. The van der Waals surface area contributed by atoms with Crippen molar-refractivity contribution in [2.75, 3.05) is 54.1 Å². The Labute approximate surface area is 397 Å². The van der Waals surface area contributed by atoms with E-state index < -0.39 is 13.9 Å². The van der Waals surface area contributed by atoms with E-state index in [4.69, 9.17) is 18.5 Å². The van der Waals surface area contributed by atoms with E-state index >= 15 is 0 Å². The van der Waals surface area contributed by atoms with Crippen molar-refractivity contribution < 1.29 is 37.3 Å². The van der Waals surface area contributed by atoms with Gasteiger partial charge in [-0.15, -0.1) is 0 Å². The maximum Gasteiger partial charge on any atom is 0.306 e. The number of likely N-dealkylation sites (N-methyl/N-ethyl adjacent to an activating group) is 1. The molecule has 0 aromatic carbocycles. The van der Waals surface area contributed by atoms with Gasteiger partial charge in [0.2, 0.25) is 0 Å². The summed E-state index contributed by atoms with van der Waals surface area (Å²) in [6.07, 6.45) is 60.0. The summed E-state index contributed by atoms with van der Waals surface area (Å²) in [5.74, 6) is -0.337. The van der Waals surface area contributed by atoms with Crippen LogP contribution in [0.15, 0.2) is 48.6 Å². The Kier molecular flexibility index (Phi) is 46.8. The third-order valence-corrected chi connectivity index (χ3v) is 12.6. The van der Waals surface area contributed by atoms with Crippen LogP contribution in [0.5, 0.6) is 0 Å². The van der Waals surface area contributed by atoms with E-state index in [0.29, 0.717) is 24.1 Å². The summed E-state index contributed by atoms with van der Waals surface area (Å²) in [4.78, 5) is 25.2. The first-order valence-electron chi connectivity index (χ1n) is 26.9. The minimum Gasteiger partial charge on any atom is -0.756 e. The fourth-order valence-electron chi connectivity index (χ4n) is 7.54. The fraction of sp³-hybridized carbons (Fsp3) is 0.836. The lowest BCUT2D eigenvalue weighted by molar-refractivity contribution is -0.870. The smallest absolute Gasteiger partial charge is 0.306 e. The minimum absolute atomic E-state index is 0.0221. The van der Waals surface area contributed by atoms with Crippen LogP contribution < -0.4 is 4.89 Å². The molecule has 2 atom stereocenters. The molecule has 8 nitrogen and oxygen atoms in total. The Morgan fingerprint density at radius 3 is 1.36 bits per heavy atom. The second-order valence-corrected chi connectivity index (χ2v) is 20.6. The van der Waals surface area contributed by atoms with Crippen molar-refractivity contribution in [3.05, 3.63) is 48.6 Å². The summed E-state index contributed by atoms with van der Waals surface area (Å²) >= 11 is 0.